The van der Waals surface area contributed by atoms with Crippen LogP contribution in [0.3, 0.4) is 0 Å². The highest BCUT2D eigenvalue weighted by Crippen LogP contribution is 2.24. The van der Waals surface area contributed by atoms with E-state index in [1.807, 2.05) is 0 Å². The quantitative estimate of drug-likeness (QED) is 0.691. The summed E-state index contributed by atoms with van der Waals surface area (Å²) in [4.78, 5) is 4.80. The van der Waals surface area contributed by atoms with Crippen LogP contribution in [0.25, 0.3) is 11.3 Å². The van der Waals surface area contributed by atoms with Crippen LogP contribution in [-0.2, 0) is 13.0 Å². The molecule has 1 aliphatic carbocycles. The average molecular weight is 304 g/mol. The molecule has 0 bridgehead atoms. The molecule has 23 heavy (non-hydrogen) atoms. The average Bonchev–Trinajstić information content (AvgIpc) is 3.05. The van der Waals surface area contributed by atoms with E-state index in [0.717, 1.165) is 24.2 Å². The summed E-state index contributed by atoms with van der Waals surface area (Å²) < 4.78 is 2.32. The van der Waals surface area contributed by atoms with Gasteiger partial charge in [-0.25, -0.2) is 4.98 Å². The van der Waals surface area contributed by atoms with E-state index < -0.39 is 0 Å². The third kappa shape index (κ3) is 3.34. The first kappa shape index (κ1) is 14.6. The number of nitrogens with zero attached hydrogens (tertiary/aromatic N) is 2. The van der Waals surface area contributed by atoms with Gasteiger partial charge in [0.2, 0.25) is 0 Å². The fourth-order valence-electron chi connectivity index (χ4n) is 3.71. The first-order valence-electron chi connectivity index (χ1n) is 9.06. The normalized spacial score (nSPS) is 18.1. The highest BCUT2D eigenvalue weighted by Gasteiger charge is 2.13. The molecule has 2 heteroatoms. The number of benzene rings is 1. The topological polar surface area (TPSA) is 17.8 Å². The SMILES string of the molecule is C(#CC1CCCCC1)c1ccc(-c2cn3c(n2)CCCC3)cc1. The molecule has 1 aromatic carbocycles. The molecule has 4 rings (SSSR count). The maximum Gasteiger partial charge on any atom is 0.109 e. The number of hydrogen-bond acceptors (Lipinski definition) is 1. The second-order valence-electron chi connectivity index (χ2n) is 6.87. The lowest BCUT2D eigenvalue weighted by Gasteiger charge is -2.15. The third-order valence-corrected chi connectivity index (χ3v) is 5.12. The number of fused-ring (bicyclic) bond motifs is 1. The molecule has 118 valence electrons. The van der Waals surface area contributed by atoms with Gasteiger partial charge < -0.3 is 4.57 Å². The molecule has 0 saturated heterocycles. The van der Waals surface area contributed by atoms with Crippen LogP contribution >= 0.6 is 0 Å². The van der Waals surface area contributed by atoms with Gasteiger partial charge in [-0.3, -0.25) is 0 Å². The summed E-state index contributed by atoms with van der Waals surface area (Å²) >= 11 is 0. The second-order valence-corrected chi connectivity index (χ2v) is 6.87. The fraction of sp³-hybridized carbons (Fsp3) is 0.476. The van der Waals surface area contributed by atoms with Gasteiger partial charge in [-0.1, -0.05) is 43.2 Å². The Kier molecular flexibility index (Phi) is 4.20. The number of rotatable bonds is 1. The molecule has 2 aromatic rings. The summed E-state index contributed by atoms with van der Waals surface area (Å²) in [6.45, 7) is 1.12. The van der Waals surface area contributed by atoms with Gasteiger partial charge in [-0.05, 0) is 37.8 Å². The Bertz CT molecular complexity index is 698. The van der Waals surface area contributed by atoms with E-state index in [2.05, 4.69) is 46.9 Å². The fourth-order valence-corrected chi connectivity index (χ4v) is 3.71. The Morgan fingerprint density at radius 1 is 0.957 bits per heavy atom. The van der Waals surface area contributed by atoms with Crippen molar-refractivity contribution < 1.29 is 0 Å². The summed E-state index contributed by atoms with van der Waals surface area (Å²) in [5.41, 5.74) is 3.44. The van der Waals surface area contributed by atoms with E-state index in [-0.39, 0.29) is 0 Å². The van der Waals surface area contributed by atoms with Crippen molar-refractivity contribution in [1.82, 2.24) is 9.55 Å². The lowest BCUT2D eigenvalue weighted by Crippen LogP contribution is -2.08. The van der Waals surface area contributed by atoms with Gasteiger partial charge in [0.15, 0.2) is 0 Å². The molecule has 1 fully saturated rings. The molecule has 0 amide bonds. The second kappa shape index (κ2) is 6.62. The Morgan fingerprint density at radius 3 is 2.57 bits per heavy atom. The largest absolute Gasteiger partial charge is 0.334 e. The number of hydrogen-bond donors (Lipinski definition) is 0. The summed E-state index contributed by atoms with van der Waals surface area (Å²) in [6.07, 6.45) is 12.5. The third-order valence-electron chi connectivity index (χ3n) is 5.12. The van der Waals surface area contributed by atoms with Crippen LogP contribution in [0.1, 0.15) is 56.3 Å². The standard InChI is InChI=1S/C21H24N2/c1-2-6-17(7-3-1)9-10-18-11-13-19(14-12-18)20-16-23-15-5-4-8-21(23)22-20/h11-14,16-17H,1-8,15H2. The monoisotopic (exact) mass is 304 g/mol. The number of aryl methyl sites for hydroxylation is 2. The van der Waals surface area contributed by atoms with Crippen LogP contribution in [0, 0.1) is 17.8 Å². The molecule has 0 N–H and O–H groups in total. The van der Waals surface area contributed by atoms with Crippen LogP contribution in [0.5, 0.6) is 0 Å². The molecular weight excluding hydrogens is 280 g/mol. The minimum atomic E-state index is 0.614. The summed E-state index contributed by atoms with van der Waals surface area (Å²) in [5, 5.41) is 0. The van der Waals surface area contributed by atoms with Gasteiger partial charge in [0, 0.05) is 36.2 Å². The van der Waals surface area contributed by atoms with E-state index in [1.165, 1.54) is 56.3 Å². The Morgan fingerprint density at radius 2 is 1.78 bits per heavy atom. The van der Waals surface area contributed by atoms with Crippen molar-refractivity contribution in [1.29, 1.82) is 0 Å². The van der Waals surface area contributed by atoms with Gasteiger partial charge in [-0.15, -0.1) is 0 Å². The molecular formula is C21H24N2. The highest BCUT2D eigenvalue weighted by atomic mass is 15.1. The zero-order valence-electron chi connectivity index (χ0n) is 13.7. The maximum atomic E-state index is 4.80. The van der Waals surface area contributed by atoms with Crippen molar-refractivity contribution in [2.24, 2.45) is 5.92 Å². The molecule has 1 aliphatic heterocycles. The molecule has 0 radical (unpaired) electrons. The Balaban J connectivity index is 1.49. The minimum Gasteiger partial charge on any atom is -0.334 e. The lowest BCUT2D eigenvalue weighted by molar-refractivity contribution is 0.430. The van der Waals surface area contributed by atoms with Gasteiger partial charge in [-0.2, -0.15) is 0 Å². The summed E-state index contributed by atoms with van der Waals surface area (Å²) in [6, 6.07) is 8.62. The lowest BCUT2D eigenvalue weighted by atomic mass is 9.89. The highest BCUT2D eigenvalue weighted by molar-refractivity contribution is 5.60. The van der Waals surface area contributed by atoms with Crippen LogP contribution in [0.2, 0.25) is 0 Å². The summed E-state index contributed by atoms with van der Waals surface area (Å²) in [5.74, 6) is 8.69. The number of imidazole rings is 1. The van der Waals surface area contributed by atoms with E-state index in [9.17, 15) is 0 Å². The predicted octanol–water partition coefficient (Wildman–Crippen LogP) is 4.82. The zero-order chi connectivity index (χ0) is 15.5. The molecule has 2 heterocycles. The van der Waals surface area contributed by atoms with Crippen molar-refractivity contribution in [3.63, 3.8) is 0 Å². The van der Waals surface area contributed by atoms with Crippen LogP contribution in [0.15, 0.2) is 30.5 Å². The van der Waals surface area contributed by atoms with E-state index >= 15 is 0 Å². The van der Waals surface area contributed by atoms with E-state index in [4.69, 9.17) is 4.98 Å². The first-order chi connectivity index (χ1) is 11.4. The van der Waals surface area contributed by atoms with E-state index in [0.29, 0.717) is 5.92 Å². The minimum absolute atomic E-state index is 0.614. The molecule has 2 nitrogen and oxygen atoms in total. The molecule has 2 aliphatic rings. The smallest absolute Gasteiger partial charge is 0.109 e. The molecule has 0 atom stereocenters. The summed E-state index contributed by atoms with van der Waals surface area (Å²) in [7, 11) is 0. The molecule has 0 unspecified atom stereocenters. The van der Waals surface area contributed by atoms with Crippen molar-refractivity contribution in [3.8, 4) is 23.1 Å². The molecule has 0 spiro atoms. The van der Waals surface area contributed by atoms with Crippen LogP contribution in [-0.4, -0.2) is 9.55 Å². The Labute approximate surface area is 138 Å². The maximum absolute atomic E-state index is 4.80. The molecule has 1 aromatic heterocycles. The number of aromatic nitrogens is 2. The van der Waals surface area contributed by atoms with Crippen molar-refractivity contribution in [2.45, 2.75) is 57.9 Å². The van der Waals surface area contributed by atoms with Crippen molar-refractivity contribution in [2.75, 3.05) is 0 Å². The first-order valence-corrected chi connectivity index (χ1v) is 9.06. The van der Waals surface area contributed by atoms with Crippen molar-refractivity contribution >= 4 is 0 Å². The predicted molar refractivity (Wildman–Crippen MR) is 94.1 cm³/mol. The van der Waals surface area contributed by atoms with Gasteiger partial charge in [0.05, 0.1) is 5.69 Å². The van der Waals surface area contributed by atoms with Crippen LogP contribution < -0.4 is 0 Å². The van der Waals surface area contributed by atoms with Gasteiger partial charge >= 0.3 is 0 Å². The zero-order valence-corrected chi connectivity index (χ0v) is 13.7. The van der Waals surface area contributed by atoms with Gasteiger partial charge in [0.1, 0.15) is 5.82 Å². The molecule has 1 saturated carbocycles. The van der Waals surface area contributed by atoms with Crippen LogP contribution in [0.4, 0.5) is 0 Å². The van der Waals surface area contributed by atoms with Gasteiger partial charge in [0.25, 0.3) is 0 Å². The van der Waals surface area contributed by atoms with Crippen molar-refractivity contribution in [3.05, 3.63) is 41.9 Å². The Hall–Kier alpha value is -2.01. The van der Waals surface area contributed by atoms with E-state index in [1.54, 1.807) is 0 Å².